The van der Waals surface area contributed by atoms with Crippen LogP contribution in [-0.4, -0.2) is 37.2 Å². The molecule has 0 aliphatic rings. The molecule has 2 atom stereocenters. The average molecular weight is 807 g/mol. The number of hydrogen-bond donors (Lipinski definition) is 0. The summed E-state index contributed by atoms with van der Waals surface area (Å²) in [5, 5.41) is 0. The zero-order valence-electron chi connectivity index (χ0n) is 39.0. The Morgan fingerprint density at radius 3 is 1.00 bits per heavy atom. The molecule has 0 aromatic carbocycles. The van der Waals surface area contributed by atoms with Crippen LogP contribution in [0.5, 0.6) is 0 Å². The minimum atomic E-state index is -0.759. The Bertz CT molecular complexity index is 872. The van der Waals surface area contributed by atoms with Crippen molar-refractivity contribution in [2.45, 2.75) is 285 Å². The number of esters is 3. The molecule has 1 unspecified atom stereocenters. The summed E-state index contributed by atoms with van der Waals surface area (Å²) in [6, 6.07) is 0. The highest BCUT2D eigenvalue weighted by Gasteiger charge is 2.19. The second-order valence-electron chi connectivity index (χ2n) is 18.2. The third kappa shape index (κ3) is 43.8. The summed E-state index contributed by atoms with van der Waals surface area (Å²) in [4.78, 5) is 37.6. The van der Waals surface area contributed by atoms with Crippen molar-refractivity contribution in [2.75, 3.05) is 13.2 Å². The van der Waals surface area contributed by atoms with E-state index in [1.54, 1.807) is 0 Å². The molecule has 0 fully saturated rings. The number of rotatable bonds is 45. The second-order valence-corrected chi connectivity index (χ2v) is 18.2. The summed E-state index contributed by atoms with van der Waals surface area (Å²) in [5.41, 5.74) is 0. The van der Waals surface area contributed by atoms with E-state index in [0.29, 0.717) is 19.3 Å². The number of carbonyl (C=O) groups is 3. The summed E-state index contributed by atoms with van der Waals surface area (Å²) >= 11 is 0. The summed E-state index contributed by atoms with van der Waals surface area (Å²) in [7, 11) is 0. The fourth-order valence-electron chi connectivity index (χ4n) is 7.60. The molecule has 0 radical (unpaired) electrons. The quantitative estimate of drug-likeness (QED) is 0.0346. The van der Waals surface area contributed by atoms with Gasteiger partial charge in [-0.05, 0) is 31.1 Å². The van der Waals surface area contributed by atoms with Gasteiger partial charge in [-0.2, -0.15) is 0 Å². The molecular formula is C51H98O6. The third-order valence-corrected chi connectivity index (χ3v) is 11.8. The first kappa shape index (κ1) is 55.4. The van der Waals surface area contributed by atoms with Crippen LogP contribution < -0.4 is 0 Å². The van der Waals surface area contributed by atoms with E-state index in [0.717, 1.165) is 76.0 Å². The van der Waals surface area contributed by atoms with E-state index in [9.17, 15) is 14.4 Å². The van der Waals surface area contributed by atoms with Gasteiger partial charge in [0.05, 0.1) is 0 Å². The Balaban J connectivity index is 4.07. The van der Waals surface area contributed by atoms with Gasteiger partial charge >= 0.3 is 17.9 Å². The zero-order chi connectivity index (χ0) is 41.9. The molecule has 0 N–H and O–H groups in total. The van der Waals surface area contributed by atoms with Gasteiger partial charge in [-0.3, -0.25) is 14.4 Å². The second kappa shape index (κ2) is 44.0. The van der Waals surface area contributed by atoms with Crippen molar-refractivity contribution >= 4 is 17.9 Å². The van der Waals surface area contributed by atoms with Gasteiger partial charge in [0, 0.05) is 19.3 Å². The predicted molar refractivity (Wildman–Crippen MR) is 243 cm³/mol. The lowest BCUT2D eigenvalue weighted by molar-refractivity contribution is -0.167. The Kier molecular flexibility index (Phi) is 42.7. The van der Waals surface area contributed by atoms with Crippen molar-refractivity contribution in [3.8, 4) is 0 Å². The van der Waals surface area contributed by atoms with E-state index < -0.39 is 6.10 Å². The molecule has 6 nitrogen and oxygen atoms in total. The summed E-state index contributed by atoms with van der Waals surface area (Å²) in [6.45, 7) is 11.3. The largest absolute Gasteiger partial charge is 0.462 e. The zero-order valence-corrected chi connectivity index (χ0v) is 39.0. The van der Waals surface area contributed by atoms with E-state index in [4.69, 9.17) is 14.2 Å². The predicted octanol–water partition coefficient (Wildman–Crippen LogP) is 16.1. The van der Waals surface area contributed by atoms with Crippen LogP contribution >= 0.6 is 0 Å². The van der Waals surface area contributed by atoms with Gasteiger partial charge in [-0.15, -0.1) is 0 Å². The highest BCUT2D eigenvalue weighted by molar-refractivity contribution is 5.71. The summed E-state index contributed by atoms with van der Waals surface area (Å²) in [6.07, 6.45) is 44.0. The molecule has 0 saturated carbocycles. The molecule has 57 heavy (non-hydrogen) atoms. The lowest BCUT2D eigenvalue weighted by Crippen LogP contribution is -2.30. The van der Waals surface area contributed by atoms with E-state index in [-0.39, 0.29) is 31.1 Å². The van der Waals surface area contributed by atoms with Crippen molar-refractivity contribution in [3.63, 3.8) is 0 Å². The van der Waals surface area contributed by atoms with E-state index in [1.807, 2.05) is 0 Å². The first-order valence-corrected chi connectivity index (χ1v) is 25.3. The van der Waals surface area contributed by atoms with Crippen LogP contribution in [0.15, 0.2) is 0 Å². The Morgan fingerprint density at radius 1 is 0.368 bits per heavy atom. The number of ether oxygens (including phenoxy) is 3. The van der Waals surface area contributed by atoms with Crippen LogP contribution in [0.1, 0.15) is 279 Å². The maximum absolute atomic E-state index is 12.6. The smallest absolute Gasteiger partial charge is 0.306 e. The van der Waals surface area contributed by atoms with Crippen LogP contribution in [0.3, 0.4) is 0 Å². The van der Waals surface area contributed by atoms with Crippen LogP contribution in [0.25, 0.3) is 0 Å². The SMILES string of the molecule is CCCCCCCC(=O)O[C@H](COC(=O)CCCCCCCCCCCCCCCCC(C)CC)COC(=O)CCCCCCCCCCCCCCCC(C)C. The lowest BCUT2D eigenvalue weighted by atomic mass is 9.99. The molecule has 0 spiro atoms. The van der Waals surface area contributed by atoms with Gasteiger partial charge in [0.2, 0.25) is 0 Å². The molecule has 0 aliphatic heterocycles. The lowest BCUT2D eigenvalue weighted by Gasteiger charge is -2.18. The number of unbranched alkanes of at least 4 members (excludes halogenated alkanes) is 29. The average Bonchev–Trinajstić information content (AvgIpc) is 3.19. The molecule has 0 amide bonds. The molecular weight excluding hydrogens is 709 g/mol. The molecule has 0 heterocycles. The van der Waals surface area contributed by atoms with Crippen LogP contribution in [0, 0.1) is 11.8 Å². The minimum absolute atomic E-state index is 0.0653. The molecule has 0 saturated heterocycles. The topological polar surface area (TPSA) is 78.9 Å². The number of carbonyl (C=O) groups excluding carboxylic acids is 3. The molecule has 0 aromatic heterocycles. The number of hydrogen-bond acceptors (Lipinski definition) is 6. The van der Waals surface area contributed by atoms with Crippen molar-refractivity contribution in [1.29, 1.82) is 0 Å². The highest BCUT2D eigenvalue weighted by Crippen LogP contribution is 2.18. The van der Waals surface area contributed by atoms with Crippen LogP contribution in [0.4, 0.5) is 0 Å². The fourth-order valence-corrected chi connectivity index (χ4v) is 7.60. The van der Waals surface area contributed by atoms with Gasteiger partial charge in [0.1, 0.15) is 13.2 Å². The normalized spacial score (nSPS) is 12.5. The monoisotopic (exact) mass is 807 g/mol. The van der Waals surface area contributed by atoms with Gasteiger partial charge < -0.3 is 14.2 Å². The molecule has 0 aliphatic carbocycles. The summed E-state index contributed by atoms with van der Waals surface area (Å²) in [5.74, 6) is 0.871. The van der Waals surface area contributed by atoms with Gasteiger partial charge in [-0.1, -0.05) is 240 Å². The Labute approximate surface area is 355 Å². The van der Waals surface area contributed by atoms with Gasteiger partial charge in [-0.25, -0.2) is 0 Å². The maximum atomic E-state index is 12.6. The first-order chi connectivity index (χ1) is 27.8. The van der Waals surface area contributed by atoms with Crippen LogP contribution in [0.2, 0.25) is 0 Å². The first-order valence-electron chi connectivity index (χ1n) is 25.3. The molecule has 338 valence electrons. The summed E-state index contributed by atoms with van der Waals surface area (Å²) < 4.78 is 16.7. The molecule has 0 aromatic rings. The molecule has 0 bridgehead atoms. The van der Waals surface area contributed by atoms with Crippen molar-refractivity contribution in [1.82, 2.24) is 0 Å². The minimum Gasteiger partial charge on any atom is -0.462 e. The molecule has 0 rings (SSSR count). The van der Waals surface area contributed by atoms with E-state index in [2.05, 4.69) is 34.6 Å². The standard InChI is InChI=1S/C51H98O6/c1-6-8-9-29-38-43-51(54)57-48(45-56-50(53)42-37-33-28-24-20-16-12-13-17-21-25-30-34-39-46(3)4)44-55-49(52)41-36-32-27-23-19-15-11-10-14-18-22-26-31-35-40-47(5)7-2/h46-48H,6-45H2,1-5H3/t47?,48-/m1/s1. The molecule has 6 heteroatoms. The van der Waals surface area contributed by atoms with Crippen molar-refractivity contribution in [2.24, 2.45) is 11.8 Å². The van der Waals surface area contributed by atoms with Gasteiger partial charge in [0.15, 0.2) is 6.10 Å². The van der Waals surface area contributed by atoms with Crippen molar-refractivity contribution < 1.29 is 28.6 Å². The Morgan fingerprint density at radius 2 is 0.667 bits per heavy atom. The Hall–Kier alpha value is -1.59. The van der Waals surface area contributed by atoms with E-state index in [1.165, 1.54) is 161 Å². The highest BCUT2D eigenvalue weighted by atomic mass is 16.6. The maximum Gasteiger partial charge on any atom is 0.306 e. The fraction of sp³-hybridized carbons (Fsp3) is 0.941. The van der Waals surface area contributed by atoms with Gasteiger partial charge in [0.25, 0.3) is 0 Å². The van der Waals surface area contributed by atoms with Crippen molar-refractivity contribution in [3.05, 3.63) is 0 Å². The third-order valence-electron chi connectivity index (χ3n) is 11.8. The van der Waals surface area contributed by atoms with E-state index >= 15 is 0 Å². The van der Waals surface area contributed by atoms with Crippen LogP contribution in [-0.2, 0) is 28.6 Å².